The van der Waals surface area contributed by atoms with Crippen LogP contribution in [0.5, 0.6) is 5.88 Å². The highest BCUT2D eigenvalue weighted by Gasteiger charge is 2.34. The van der Waals surface area contributed by atoms with Crippen LogP contribution in [0.4, 0.5) is 0 Å². The lowest BCUT2D eigenvalue weighted by molar-refractivity contribution is 0.0806. The first kappa shape index (κ1) is 12.3. The van der Waals surface area contributed by atoms with Gasteiger partial charge in [-0.1, -0.05) is 6.92 Å². The minimum absolute atomic E-state index is 0.175. The fourth-order valence-electron chi connectivity index (χ4n) is 2.42. The molecule has 1 saturated heterocycles. The van der Waals surface area contributed by atoms with Gasteiger partial charge in [0.2, 0.25) is 5.88 Å². The summed E-state index contributed by atoms with van der Waals surface area (Å²) in [6.07, 6.45) is 5.42. The number of nitrogens with zero attached hydrogens (tertiary/aromatic N) is 2. The van der Waals surface area contributed by atoms with Gasteiger partial charge in [-0.3, -0.25) is 4.98 Å². The monoisotopic (exact) mass is 237 g/mol. The Labute approximate surface area is 101 Å². The van der Waals surface area contributed by atoms with E-state index in [1.165, 1.54) is 0 Å². The van der Waals surface area contributed by atoms with Crippen LogP contribution < -0.4 is 10.5 Å². The van der Waals surface area contributed by atoms with Crippen molar-refractivity contribution in [3.8, 4) is 5.88 Å². The molecule has 1 aromatic rings. The number of rotatable bonds is 4. The van der Waals surface area contributed by atoms with E-state index in [4.69, 9.17) is 15.2 Å². The highest BCUT2D eigenvalue weighted by Crippen LogP contribution is 2.34. The van der Waals surface area contributed by atoms with Crippen molar-refractivity contribution < 1.29 is 9.47 Å². The predicted molar refractivity (Wildman–Crippen MR) is 63.7 cm³/mol. The second-order valence-corrected chi connectivity index (χ2v) is 4.25. The Hall–Kier alpha value is -1.20. The first-order chi connectivity index (χ1) is 8.27. The van der Waals surface area contributed by atoms with E-state index in [-0.39, 0.29) is 12.1 Å². The summed E-state index contributed by atoms with van der Waals surface area (Å²) in [5.74, 6) is 0.812. The van der Waals surface area contributed by atoms with Crippen LogP contribution in [-0.2, 0) is 4.74 Å². The van der Waals surface area contributed by atoms with Gasteiger partial charge in [-0.05, 0) is 12.8 Å². The third-order valence-electron chi connectivity index (χ3n) is 3.32. The summed E-state index contributed by atoms with van der Waals surface area (Å²) in [6, 6.07) is -0.175. The van der Waals surface area contributed by atoms with Gasteiger partial charge >= 0.3 is 0 Å². The van der Waals surface area contributed by atoms with E-state index in [1.807, 2.05) is 0 Å². The van der Waals surface area contributed by atoms with Crippen molar-refractivity contribution in [1.29, 1.82) is 0 Å². The highest BCUT2D eigenvalue weighted by atomic mass is 16.5. The highest BCUT2D eigenvalue weighted by molar-refractivity contribution is 5.22. The van der Waals surface area contributed by atoms with Gasteiger partial charge in [0.05, 0.1) is 19.3 Å². The minimum Gasteiger partial charge on any atom is -0.480 e. The summed E-state index contributed by atoms with van der Waals surface area (Å²) in [5, 5.41) is 0. The van der Waals surface area contributed by atoms with Gasteiger partial charge in [0.25, 0.3) is 0 Å². The molecule has 3 unspecified atom stereocenters. The first-order valence-electron chi connectivity index (χ1n) is 6.00. The van der Waals surface area contributed by atoms with Gasteiger partial charge in [0.1, 0.15) is 5.69 Å². The average molecular weight is 237 g/mol. The Kier molecular flexibility index (Phi) is 3.91. The predicted octanol–water partition coefficient (Wildman–Crippen LogP) is 1.30. The third-order valence-corrected chi connectivity index (χ3v) is 3.32. The van der Waals surface area contributed by atoms with Gasteiger partial charge in [-0.25, -0.2) is 4.98 Å². The summed E-state index contributed by atoms with van der Waals surface area (Å²) in [7, 11) is 1.59. The van der Waals surface area contributed by atoms with Gasteiger partial charge < -0.3 is 15.2 Å². The van der Waals surface area contributed by atoms with Crippen molar-refractivity contribution in [1.82, 2.24) is 9.97 Å². The molecular formula is C12H19N3O2. The van der Waals surface area contributed by atoms with Crippen LogP contribution in [0.2, 0.25) is 0 Å². The summed E-state index contributed by atoms with van der Waals surface area (Å²) in [6.45, 7) is 2.89. The molecule has 1 fully saturated rings. The molecule has 17 heavy (non-hydrogen) atoms. The molecule has 5 heteroatoms. The molecule has 0 bridgehead atoms. The fraction of sp³-hybridized carbons (Fsp3) is 0.667. The zero-order chi connectivity index (χ0) is 12.3. The molecule has 0 spiro atoms. The summed E-state index contributed by atoms with van der Waals surface area (Å²) in [4.78, 5) is 8.43. The lowest BCUT2D eigenvalue weighted by Crippen LogP contribution is -2.29. The van der Waals surface area contributed by atoms with Crippen LogP contribution in [0.25, 0.3) is 0 Å². The topological polar surface area (TPSA) is 70.3 Å². The fourth-order valence-corrected chi connectivity index (χ4v) is 2.42. The molecule has 94 valence electrons. The number of hydrogen-bond donors (Lipinski definition) is 1. The maximum Gasteiger partial charge on any atom is 0.237 e. The Morgan fingerprint density at radius 1 is 1.53 bits per heavy atom. The Bertz CT molecular complexity index is 373. The van der Waals surface area contributed by atoms with Crippen molar-refractivity contribution in [2.75, 3.05) is 13.7 Å². The molecule has 0 saturated carbocycles. The molecule has 2 rings (SSSR count). The standard InChI is InChI=1S/C12H19N3O2/c1-3-9-8(4-7-17-9)10(13)11-12(16-2)15-6-5-14-11/h5-6,8-10H,3-4,7,13H2,1-2H3. The second kappa shape index (κ2) is 5.42. The average Bonchev–Trinajstić information content (AvgIpc) is 2.86. The Balaban J connectivity index is 2.21. The molecule has 2 N–H and O–H groups in total. The van der Waals surface area contributed by atoms with E-state index in [9.17, 15) is 0 Å². The summed E-state index contributed by atoms with van der Waals surface area (Å²) in [5.41, 5.74) is 7.01. The van der Waals surface area contributed by atoms with Crippen molar-refractivity contribution in [3.05, 3.63) is 18.1 Å². The summed E-state index contributed by atoms with van der Waals surface area (Å²) >= 11 is 0. The van der Waals surface area contributed by atoms with Crippen LogP contribution in [0.3, 0.4) is 0 Å². The van der Waals surface area contributed by atoms with Crippen LogP contribution in [0, 0.1) is 5.92 Å². The van der Waals surface area contributed by atoms with Crippen LogP contribution in [-0.4, -0.2) is 29.8 Å². The normalized spacial score (nSPS) is 25.8. The quantitative estimate of drug-likeness (QED) is 0.854. The number of aromatic nitrogens is 2. The van der Waals surface area contributed by atoms with E-state index in [2.05, 4.69) is 16.9 Å². The molecule has 0 amide bonds. The Morgan fingerprint density at radius 2 is 2.29 bits per heavy atom. The molecule has 1 aromatic heterocycles. The molecule has 1 aliphatic rings. The van der Waals surface area contributed by atoms with Crippen molar-refractivity contribution in [2.24, 2.45) is 11.7 Å². The van der Waals surface area contributed by atoms with Crippen LogP contribution in [0.1, 0.15) is 31.5 Å². The molecular weight excluding hydrogens is 218 g/mol. The van der Waals surface area contributed by atoms with Crippen LogP contribution in [0.15, 0.2) is 12.4 Å². The molecule has 0 aliphatic carbocycles. The van der Waals surface area contributed by atoms with Gasteiger partial charge in [0.15, 0.2) is 0 Å². The van der Waals surface area contributed by atoms with E-state index >= 15 is 0 Å². The molecule has 2 heterocycles. The SMILES string of the molecule is CCC1OCCC1C(N)c1nccnc1OC. The van der Waals surface area contributed by atoms with Crippen molar-refractivity contribution >= 4 is 0 Å². The number of ether oxygens (including phenoxy) is 2. The van der Waals surface area contributed by atoms with E-state index in [1.54, 1.807) is 19.5 Å². The number of methoxy groups -OCH3 is 1. The lowest BCUT2D eigenvalue weighted by atomic mass is 9.90. The third kappa shape index (κ3) is 2.40. The van der Waals surface area contributed by atoms with Gasteiger partial charge in [-0.2, -0.15) is 0 Å². The van der Waals surface area contributed by atoms with E-state index in [0.717, 1.165) is 25.1 Å². The minimum atomic E-state index is -0.175. The molecule has 0 aromatic carbocycles. The van der Waals surface area contributed by atoms with Gasteiger partial charge in [0, 0.05) is 24.9 Å². The molecule has 5 nitrogen and oxygen atoms in total. The maximum absolute atomic E-state index is 6.28. The first-order valence-corrected chi connectivity index (χ1v) is 6.00. The largest absolute Gasteiger partial charge is 0.480 e. The molecule has 1 aliphatic heterocycles. The lowest BCUT2D eigenvalue weighted by Gasteiger charge is -2.23. The summed E-state index contributed by atoms with van der Waals surface area (Å²) < 4.78 is 10.9. The van der Waals surface area contributed by atoms with Crippen molar-refractivity contribution in [2.45, 2.75) is 31.9 Å². The second-order valence-electron chi connectivity index (χ2n) is 4.25. The van der Waals surface area contributed by atoms with E-state index < -0.39 is 0 Å². The molecule has 0 radical (unpaired) electrons. The number of nitrogens with two attached hydrogens (primary N) is 1. The van der Waals surface area contributed by atoms with E-state index in [0.29, 0.717) is 11.8 Å². The maximum atomic E-state index is 6.28. The van der Waals surface area contributed by atoms with Gasteiger partial charge in [-0.15, -0.1) is 0 Å². The zero-order valence-corrected chi connectivity index (χ0v) is 10.3. The molecule has 3 atom stereocenters. The van der Waals surface area contributed by atoms with Crippen LogP contribution >= 0.6 is 0 Å². The smallest absolute Gasteiger partial charge is 0.237 e. The zero-order valence-electron chi connectivity index (χ0n) is 10.3. The number of hydrogen-bond acceptors (Lipinski definition) is 5. The van der Waals surface area contributed by atoms with Crippen molar-refractivity contribution in [3.63, 3.8) is 0 Å². The Morgan fingerprint density at radius 3 is 3.00 bits per heavy atom.